The van der Waals surface area contributed by atoms with Crippen molar-refractivity contribution in [2.24, 2.45) is 0 Å². The van der Waals surface area contributed by atoms with Crippen LogP contribution in [-0.4, -0.2) is 22.5 Å². The molecule has 0 aliphatic rings. The van der Waals surface area contributed by atoms with Gasteiger partial charge >= 0.3 is 5.97 Å². The molecule has 0 N–H and O–H groups in total. The quantitative estimate of drug-likeness (QED) is 0.507. The Balaban J connectivity index is 1.50. The number of ether oxygens (including phenoxy) is 1. The average Bonchev–Trinajstić information content (AvgIpc) is 3.21. The molecule has 0 radical (unpaired) electrons. The van der Waals surface area contributed by atoms with E-state index in [1.807, 2.05) is 24.4 Å². The molecular weight excluding hydrogens is 312 g/mol. The summed E-state index contributed by atoms with van der Waals surface area (Å²) in [6.45, 7) is 2.30. The third kappa shape index (κ3) is 4.04. The van der Waals surface area contributed by atoms with Crippen molar-refractivity contribution in [2.45, 2.75) is 19.8 Å². The number of rotatable bonds is 6. The Hall–Kier alpha value is -2.47. The van der Waals surface area contributed by atoms with Gasteiger partial charge in [-0.15, -0.1) is 11.3 Å². The average molecular weight is 328 g/mol. The highest BCUT2D eigenvalue weighted by Crippen LogP contribution is 2.24. The van der Waals surface area contributed by atoms with Crippen LogP contribution in [0.3, 0.4) is 0 Å². The molecule has 0 saturated heterocycles. The lowest BCUT2D eigenvalue weighted by Crippen LogP contribution is -2.06. The zero-order valence-electron chi connectivity index (χ0n) is 12.7. The van der Waals surface area contributed by atoms with Crippen LogP contribution in [0.1, 0.15) is 27.3 Å². The molecule has 0 amide bonds. The molecule has 23 heavy (non-hydrogen) atoms. The second-order valence-corrected chi connectivity index (χ2v) is 6.11. The van der Waals surface area contributed by atoms with E-state index in [1.54, 1.807) is 18.5 Å². The first kappa shape index (κ1) is 15.4. The lowest BCUT2D eigenvalue weighted by atomic mass is 10.1. The van der Waals surface area contributed by atoms with Gasteiger partial charge in [0.2, 0.25) is 0 Å². The number of pyridine rings is 1. The lowest BCUT2D eigenvalue weighted by molar-refractivity contribution is 0.0500. The second-order valence-electron chi connectivity index (χ2n) is 5.05. The van der Waals surface area contributed by atoms with E-state index >= 15 is 0 Å². The molecule has 3 aromatic rings. The van der Waals surface area contributed by atoms with Crippen LogP contribution in [0, 0.1) is 6.92 Å². The van der Waals surface area contributed by atoms with Crippen LogP contribution in [-0.2, 0) is 11.2 Å². The molecular formula is C17H16N2O3S. The minimum Gasteiger partial charge on any atom is -0.462 e. The molecule has 0 spiro atoms. The Bertz CT molecular complexity index is 780. The van der Waals surface area contributed by atoms with Gasteiger partial charge in [-0.3, -0.25) is 4.98 Å². The summed E-state index contributed by atoms with van der Waals surface area (Å²) in [5.74, 6) is 0.208. The zero-order chi connectivity index (χ0) is 16.1. The van der Waals surface area contributed by atoms with Gasteiger partial charge in [0.1, 0.15) is 12.0 Å². The number of hydrogen-bond donors (Lipinski definition) is 0. The molecule has 0 saturated carbocycles. The first-order valence-corrected chi connectivity index (χ1v) is 8.17. The number of furan rings is 1. The first-order chi connectivity index (χ1) is 11.2. The molecule has 3 heterocycles. The summed E-state index contributed by atoms with van der Waals surface area (Å²) in [4.78, 5) is 20.3. The standard InChI is InChI=1S/C17H16N2O3S/c1-12-19-15(11-23-12)16-9-14(10-22-16)17(20)21-8-2-3-13-4-6-18-7-5-13/h4-7,9-11H,2-3,8H2,1H3. The molecule has 0 fully saturated rings. The van der Waals surface area contributed by atoms with Gasteiger partial charge in [0.05, 0.1) is 17.2 Å². The number of hydrogen-bond acceptors (Lipinski definition) is 6. The van der Waals surface area contributed by atoms with Gasteiger partial charge in [-0.25, -0.2) is 9.78 Å². The highest BCUT2D eigenvalue weighted by Gasteiger charge is 2.14. The van der Waals surface area contributed by atoms with Gasteiger partial charge in [0.25, 0.3) is 0 Å². The number of nitrogens with zero attached hydrogens (tertiary/aromatic N) is 2. The van der Waals surface area contributed by atoms with Crippen LogP contribution < -0.4 is 0 Å². The molecule has 118 valence electrons. The number of aromatic nitrogens is 2. The van der Waals surface area contributed by atoms with Crippen LogP contribution in [0.25, 0.3) is 11.5 Å². The van der Waals surface area contributed by atoms with Gasteiger partial charge in [-0.2, -0.15) is 0 Å². The van der Waals surface area contributed by atoms with Crippen molar-refractivity contribution >= 4 is 17.3 Å². The van der Waals surface area contributed by atoms with E-state index in [-0.39, 0.29) is 5.97 Å². The lowest BCUT2D eigenvalue weighted by Gasteiger charge is -2.03. The number of aryl methyl sites for hydroxylation is 2. The fourth-order valence-corrected chi connectivity index (χ4v) is 2.73. The predicted molar refractivity (Wildman–Crippen MR) is 87.4 cm³/mol. The monoisotopic (exact) mass is 328 g/mol. The normalized spacial score (nSPS) is 10.7. The first-order valence-electron chi connectivity index (χ1n) is 7.29. The largest absolute Gasteiger partial charge is 0.462 e. The molecule has 0 aliphatic carbocycles. The number of carbonyl (C=O) groups is 1. The number of carbonyl (C=O) groups excluding carboxylic acids is 1. The molecule has 0 aromatic carbocycles. The van der Waals surface area contributed by atoms with Crippen LogP contribution in [0.4, 0.5) is 0 Å². The Morgan fingerprint density at radius 1 is 1.35 bits per heavy atom. The van der Waals surface area contributed by atoms with Crippen LogP contribution in [0.15, 0.2) is 46.7 Å². The van der Waals surface area contributed by atoms with E-state index in [2.05, 4.69) is 9.97 Å². The Morgan fingerprint density at radius 2 is 2.17 bits per heavy atom. The van der Waals surface area contributed by atoms with E-state index in [1.165, 1.54) is 23.2 Å². The van der Waals surface area contributed by atoms with Crippen molar-refractivity contribution in [1.82, 2.24) is 9.97 Å². The molecule has 0 aliphatic heterocycles. The summed E-state index contributed by atoms with van der Waals surface area (Å²) < 4.78 is 10.7. The maximum atomic E-state index is 12.0. The maximum absolute atomic E-state index is 12.0. The summed E-state index contributed by atoms with van der Waals surface area (Å²) in [5.41, 5.74) is 2.33. The van der Waals surface area contributed by atoms with Crippen molar-refractivity contribution in [2.75, 3.05) is 6.61 Å². The minimum atomic E-state index is -0.373. The summed E-state index contributed by atoms with van der Waals surface area (Å²) >= 11 is 1.54. The Labute approximate surface area is 138 Å². The third-order valence-corrected chi connectivity index (χ3v) is 4.07. The van der Waals surface area contributed by atoms with E-state index < -0.39 is 0 Å². The summed E-state index contributed by atoms with van der Waals surface area (Å²) in [5, 5.41) is 2.86. The fraction of sp³-hybridized carbons (Fsp3) is 0.235. The predicted octanol–water partition coefficient (Wildman–Crippen LogP) is 3.90. The van der Waals surface area contributed by atoms with Gasteiger partial charge in [0.15, 0.2) is 5.76 Å². The van der Waals surface area contributed by atoms with Crippen LogP contribution in [0.5, 0.6) is 0 Å². The van der Waals surface area contributed by atoms with E-state index in [0.29, 0.717) is 17.9 Å². The molecule has 0 unspecified atom stereocenters. The number of thiazole rings is 1. The fourth-order valence-electron chi connectivity index (χ4n) is 2.13. The van der Waals surface area contributed by atoms with Gasteiger partial charge in [-0.1, -0.05) is 0 Å². The minimum absolute atomic E-state index is 0.372. The van der Waals surface area contributed by atoms with E-state index in [0.717, 1.165) is 23.5 Å². The molecule has 3 rings (SSSR count). The Morgan fingerprint density at radius 3 is 2.91 bits per heavy atom. The van der Waals surface area contributed by atoms with Gasteiger partial charge in [-0.05, 0) is 37.5 Å². The van der Waals surface area contributed by atoms with Crippen molar-refractivity contribution in [1.29, 1.82) is 0 Å². The maximum Gasteiger partial charge on any atom is 0.341 e. The van der Waals surface area contributed by atoms with Crippen molar-refractivity contribution in [3.63, 3.8) is 0 Å². The van der Waals surface area contributed by atoms with E-state index in [9.17, 15) is 4.79 Å². The highest BCUT2D eigenvalue weighted by molar-refractivity contribution is 7.09. The topological polar surface area (TPSA) is 65.2 Å². The smallest absolute Gasteiger partial charge is 0.341 e. The molecule has 3 aromatic heterocycles. The van der Waals surface area contributed by atoms with Gasteiger partial charge < -0.3 is 9.15 Å². The van der Waals surface area contributed by atoms with Crippen molar-refractivity contribution in [3.8, 4) is 11.5 Å². The van der Waals surface area contributed by atoms with Crippen molar-refractivity contribution in [3.05, 3.63) is 58.4 Å². The highest BCUT2D eigenvalue weighted by atomic mass is 32.1. The molecule has 6 heteroatoms. The molecule has 0 atom stereocenters. The van der Waals surface area contributed by atoms with Crippen molar-refractivity contribution < 1.29 is 13.9 Å². The van der Waals surface area contributed by atoms with E-state index in [4.69, 9.17) is 9.15 Å². The van der Waals surface area contributed by atoms with Gasteiger partial charge in [0, 0.05) is 23.8 Å². The summed E-state index contributed by atoms with van der Waals surface area (Å²) in [6.07, 6.45) is 6.55. The second kappa shape index (κ2) is 7.19. The molecule has 0 bridgehead atoms. The Kier molecular flexibility index (Phi) is 4.83. The number of esters is 1. The van der Waals surface area contributed by atoms with Crippen LogP contribution >= 0.6 is 11.3 Å². The molecule has 5 nitrogen and oxygen atoms in total. The van der Waals surface area contributed by atoms with Crippen LogP contribution in [0.2, 0.25) is 0 Å². The SMILES string of the molecule is Cc1nc(-c2cc(C(=O)OCCCc3ccncc3)co2)cs1. The summed E-state index contributed by atoms with van der Waals surface area (Å²) in [7, 11) is 0. The summed E-state index contributed by atoms with van der Waals surface area (Å²) in [6, 6.07) is 5.58. The third-order valence-electron chi connectivity index (χ3n) is 3.30. The zero-order valence-corrected chi connectivity index (χ0v) is 13.5.